The van der Waals surface area contributed by atoms with Gasteiger partial charge in [0.25, 0.3) is 20.2 Å². The third-order valence-corrected chi connectivity index (χ3v) is 3.99. The summed E-state index contributed by atoms with van der Waals surface area (Å²) in [6, 6.07) is 2.07. The summed E-state index contributed by atoms with van der Waals surface area (Å²) in [5.41, 5.74) is 5.52. The second-order valence-electron chi connectivity index (χ2n) is 3.61. The number of ether oxygens (including phenoxy) is 1. The van der Waals surface area contributed by atoms with E-state index in [4.69, 9.17) is 14.8 Å². The molecule has 0 unspecified atom stereocenters. The fraction of sp³-hybridized carbons (Fsp3) is 0.333. The van der Waals surface area contributed by atoms with Gasteiger partial charge in [-0.2, -0.15) is 16.8 Å². The Kier molecular flexibility index (Phi) is 4.53. The summed E-state index contributed by atoms with van der Waals surface area (Å²) in [7, 11) is -8.41. The largest absolute Gasteiger partial charge is 0.494 e. The molecule has 0 heterocycles. The summed E-state index contributed by atoms with van der Waals surface area (Å²) < 4.78 is 67.7. The third-order valence-electron chi connectivity index (χ3n) is 2.27. The van der Waals surface area contributed by atoms with E-state index in [-0.39, 0.29) is 18.5 Å². The molecule has 0 fully saturated rings. The molecule has 10 heteroatoms. The maximum Gasteiger partial charge on any atom is 0.298 e. The van der Waals surface area contributed by atoms with Crippen LogP contribution in [0.1, 0.15) is 5.56 Å². The molecule has 1 rings (SSSR count). The van der Waals surface area contributed by atoms with Crippen molar-refractivity contribution in [3.8, 4) is 5.75 Å². The van der Waals surface area contributed by atoms with E-state index in [1.807, 2.05) is 0 Å². The normalized spacial score (nSPS) is 12.4. The Morgan fingerprint density at radius 1 is 1.11 bits per heavy atom. The van der Waals surface area contributed by atoms with Gasteiger partial charge in [-0.15, -0.1) is 0 Å². The molecule has 108 valence electrons. The highest BCUT2D eigenvalue weighted by atomic mass is 32.2. The fourth-order valence-electron chi connectivity index (χ4n) is 1.53. The van der Waals surface area contributed by atoms with Gasteiger partial charge in [0.1, 0.15) is 9.79 Å². The minimum absolute atomic E-state index is 0.127. The summed E-state index contributed by atoms with van der Waals surface area (Å²) >= 11 is 0. The molecule has 19 heavy (non-hydrogen) atoms. The van der Waals surface area contributed by atoms with Crippen LogP contribution in [-0.2, 0) is 26.7 Å². The van der Waals surface area contributed by atoms with Gasteiger partial charge in [-0.1, -0.05) is 0 Å². The van der Waals surface area contributed by atoms with Crippen LogP contribution in [0, 0.1) is 0 Å². The molecular weight excluding hydrogens is 298 g/mol. The molecule has 0 bridgehead atoms. The van der Waals surface area contributed by atoms with E-state index in [0.29, 0.717) is 0 Å². The molecule has 0 spiro atoms. The molecule has 8 nitrogen and oxygen atoms in total. The smallest absolute Gasteiger partial charge is 0.298 e. The number of benzene rings is 1. The third kappa shape index (κ3) is 3.64. The van der Waals surface area contributed by atoms with Crippen molar-refractivity contribution in [1.29, 1.82) is 0 Å². The lowest BCUT2D eigenvalue weighted by molar-refractivity contribution is 0.381. The molecule has 0 aliphatic rings. The topological polar surface area (TPSA) is 144 Å². The van der Waals surface area contributed by atoms with Crippen molar-refractivity contribution in [2.45, 2.75) is 16.2 Å². The molecule has 0 amide bonds. The number of hydrogen-bond acceptors (Lipinski definition) is 6. The highest BCUT2D eigenvalue weighted by Crippen LogP contribution is 2.32. The van der Waals surface area contributed by atoms with Crippen molar-refractivity contribution >= 4 is 20.2 Å². The molecule has 0 saturated heterocycles. The van der Waals surface area contributed by atoms with Crippen LogP contribution in [0.4, 0.5) is 0 Å². The molecule has 4 N–H and O–H groups in total. The Morgan fingerprint density at radius 3 is 1.79 bits per heavy atom. The molecule has 0 atom stereocenters. The van der Waals surface area contributed by atoms with Crippen molar-refractivity contribution in [3.05, 3.63) is 17.7 Å². The van der Waals surface area contributed by atoms with Crippen LogP contribution >= 0.6 is 0 Å². The molecule has 0 aromatic heterocycles. The van der Waals surface area contributed by atoms with Crippen molar-refractivity contribution in [2.75, 3.05) is 13.7 Å². The van der Waals surface area contributed by atoms with Gasteiger partial charge in [-0.3, -0.25) is 9.11 Å². The molecule has 0 aliphatic heterocycles. The molecule has 0 saturated carbocycles. The van der Waals surface area contributed by atoms with Gasteiger partial charge < -0.3 is 10.5 Å². The first kappa shape index (κ1) is 15.9. The maximum absolute atomic E-state index is 11.2. The van der Waals surface area contributed by atoms with E-state index < -0.39 is 35.8 Å². The van der Waals surface area contributed by atoms with Gasteiger partial charge in [0.2, 0.25) is 0 Å². The molecular formula is C9H13NO7S2. The number of rotatable bonds is 5. The first-order valence-corrected chi connectivity index (χ1v) is 7.85. The summed E-state index contributed by atoms with van der Waals surface area (Å²) in [6.07, 6.45) is 0.162. The SMILES string of the molecule is COc1c(S(=O)(=O)O)cc(CCN)cc1S(=O)(=O)O. The van der Waals surface area contributed by atoms with Gasteiger partial charge in [0.15, 0.2) is 5.75 Å². The first-order chi connectivity index (χ1) is 8.61. The molecule has 1 aromatic carbocycles. The molecule has 0 aliphatic carbocycles. The predicted octanol–water partition coefficient (Wildman–Crippen LogP) is -0.310. The van der Waals surface area contributed by atoms with Gasteiger partial charge >= 0.3 is 0 Å². The standard InChI is InChI=1S/C9H13NO7S2/c1-17-9-7(18(11,12)13)4-6(2-3-10)5-8(9)19(14,15)16/h4-5H,2-3,10H2,1H3,(H,11,12,13)(H,14,15,16). The lowest BCUT2D eigenvalue weighted by Gasteiger charge is -2.12. The van der Waals surface area contributed by atoms with Gasteiger partial charge in [-0.25, -0.2) is 0 Å². The van der Waals surface area contributed by atoms with Crippen LogP contribution in [0.5, 0.6) is 5.75 Å². The fourth-order valence-corrected chi connectivity index (χ4v) is 3.05. The number of methoxy groups -OCH3 is 1. The van der Waals surface area contributed by atoms with Crippen LogP contribution in [0.15, 0.2) is 21.9 Å². The van der Waals surface area contributed by atoms with Gasteiger partial charge in [0.05, 0.1) is 7.11 Å². The zero-order valence-corrected chi connectivity index (χ0v) is 11.5. The summed E-state index contributed by atoms with van der Waals surface area (Å²) in [4.78, 5) is -1.48. The van der Waals surface area contributed by atoms with Crippen molar-refractivity contribution in [2.24, 2.45) is 5.73 Å². The zero-order chi connectivity index (χ0) is 14.8. The van der Waals surface area contributed by atoms with Crippen molar-refractivity contribution in [1.82, 2.24) is 0 Å². The van der Waals surface area contributed by atoms with E-state index >= 15 is 0 Å². The van der Waals surface area contributed by atoms with Crippen molar-refractivity contribution in [3.63, 3.8) is 0 Å². The Balaban J connectivity index is 3.77. The Labute approximate surface area is 110 Å². The zero-order valence-electron chi connectivity index (χ0n) is 9.90. The average molecular weight is 311 g/mol. The Morgan fingerprint density at radius 2 is 1.53 bits per heavy atom. The van der Waals surface area contributed by atoms with E-state index in [1.54, 1.807) is 0 Å². The van der Waals surface area contributed by atoms with Gasteiger partial charge in [-0.05, 0) is 30.7 Å². The second-order valence-corrected chi connectivity index (χ2v) is 6.39. The molecule has 1 aromatic rings. The number of nitrogens with two attached hydrogens (primary N) is 1. The number of hydrogen-bond donors (Lipinski definition) is 3. The predicted molar refractivity (Wildman–Crippen MR) is 65.4 cm³/mol. The average Bonchev–Trinajstić information content (AvgIpc) is 2.26. The van der Waals surface area contributed by atoms with Crippen LogP contribution < -0.4 is 10.5 Å². The van der Waals surface area contributed by atoms with Crippen LogP contribution in [0.25, 0.3) is 0 Å². The summed E-state index contributed by atoms with van der Waals surface area (Å²) in [5, 5.41) is 0. The van der Waals surface area contributed by atoms with Gasteiger partial charge in [0, 0.05) is 0 Å². The first-order valence-electron chi connectivity index (χ1n) is 4.97. The van der Waals surface area contributed by atoms with Crippen LogP contribution in [0.2, 0.25) is 0 Å². The van der Waals surface area contributed by atoms with E-state index in [0.717, 1.165) is 19.2 Å². The minimum Gasteiger partial charge on any atom is -0.494 e. The Hall–Kier alpha value is -1.20. The maximum atomic E-state index is 11.2. The minimum atomic E-state index is -4.71. The highest BCUT2D eigenvalue weighted by molar-refractivity contribution is 7.86. The summed E-state index contributed by atoms with van der Waals surface area (Å²) in [6.45, 7) is 0.127. The van der Waals surface area contributed by atoms with E-state index in [9.17, 15) is 16.8 Å². The highest BCUT2D eigenvalue weighted by Gasteiger charge is 2.26. The summed E-state index contributed by atoms with van der Waals surface area (Å²) in [5.74, 6) is -0.647. The van der Waals surface area contributed by atoms with Crippen LogP contribution in [0.3, 0.4) is 0 Å². The van der Waals surface area contributed by atoms with Crippen molar-refractivity contribution < 1.29 is 30.7 Å². The van der Waals surface area contributed by atoms with E-state index in [2.05, 4.69) is 4.74 Å². The molecule has 0 radical (unpaired) electrons. The van der Waals surface area contributed by atoms with Crippen LogP contribution in [-0.4, -0.2) is 39.6 Å². The second kappa shape index (κ2) is 5.43. The Bertz CT molecular complexity index is 626. The quantitative estimate of drug-likeness (QED) is 0.628. The van der Waals surface area contributed by atoms with E-state index in [1.165, 1.54) is 0 Å². The monoisotopic (exact) mass is 311 g/mol. The lowest BCUT2D eigenvalue weighted by Crippen LogP contribution is -2.11. The lowest BCUT2D eigenvalue weighted by atomic mass is 10.1.